The molecule has 0 saturated carbocycles. The van der Waals surface area contributed by atoms with Gasteiger partial charge in [0.05, 0.1) is 19.2 Å². The highest BCUT2D eigenvalue weighted by Gasteiger charge is 2.15. The Balaban J connectivity index is 1.71. The van der Waals surface area contributed by atoms with Gasteiger partial charge in [0, 0.05) is 18.0 Å². The third-order valence-electron chi connectivity index (χ3n) is 4.04. The molecule has 1 atom stereocenters. The number of carbonyl (C=O) groups is 1. The van der Waals surface area contributed by atoms with Crippen LogP contribution in [0.25, 0.3) is 10.8 Å². The Morgan fingerprint density at radius 1 is 1.20 bits per heavy atom. The van der Waals surface area contributed by atoms with E-state index in [1.54, 1.807) is 25.7 Å². The fraction of sp³-hybridized carbons (Fsp3) is 0.150. The van der Waals surface area contributed by atoms with Crippen molar-refractivity contribution in [2.45, 2.75) is 12.8 Å². The van der Waals surface area contributed by atoms with E-state index in [-0.39, 0.29) is 11.8 Å². The van der Waals surface area contributed by atoms with E-state index in [1.165, 1.54) is 0 Å². The molecule has 3 aromatic rings. The Morgan fingerprint density at radius 2 is 2.00 bits per heavy atom. The van der Waals surface area contributed by atoms with Crippen LogP contribution in [0.2, 0.25) is 0 Å². The molecule has 0 radical (unpaired) electrons. The predicted octanol–water partition coefficient (Wildman–Crippen LogP) is 3.50. The highest BCUT2D eigenvalue weighted by molar-refractivity contribution is 5.89. The van der Waals surface area contributed by atoms with E-state index in [0.29, 0.717) is 0 Å². The predicted molar refractivity (Wildman–Crippen MR) is 98.9 cm³/mol. The SMILES string of the molecule is COc1ccc2cc(C(C)C(=O)N/N=C/c3cccnc3)ccc2c1. The molecule has 1 aromatic heterocycles. The van der Waals surface area contributed by atoms with Crippen molar-refractivity contribution in [3.05, 3.63) is 72.1 Å². The number of fused-ring (bicyclic) bond motifs is 1. The third kappa shape index (κ3) is 4.01. The molecule has 1 unspecified atom stereocenters. The zero-order chi connectivity index (χ0) is 17.6. The topological polar surface area (TPSA) is 63.6 Å². The minimum atomic E-state index is -0.308. The van der Waals surface area contributed by atoms with Crippen LogP contribution in [0.1, 0.15) is 24.0 Å². The number of hydrogen-bond donors (Lipinski definition) is 1. The lowest BCUT2D eigenvalue weighted by atomic mass is 9.97. The number of nitrogens with one attached hydrogen (secondary N) is 1. The third-order valence-corrected chi connectivity index (χ3v) is 4.04. The Bertz CT molecular complexity index is 907. The molecule has 1 N–H and O–H groups in total. The maximum absolute atomic E-state index is 12.3. The minimum Gasteiger partial charge on any atom is -0.497 e. The summed E-state index contributed by atoms with van der Waals surface area (Å²) >= 11 is 0. The average molecular weight is 333 g/mol. The van der Waals surface area contributed by atoms with Crippen molar-refractivity contribution >= 4 is 22.9 Å². The first-order valence-electron chi connectivity index (χ1n) is 7.98. The molecule has 5 heteroatoms. The second kappa shape index (κ2) is 7.57. The van der Waals surface area contributed by atoms with Crippen molar-refractivity contribution in [2.24, 2.45) is 5.10 Å². The Labute approximate surface area is 146 Å². The van der Waals surface area contributed by atoms with Crippen LogP contribution in [0, 0.1) is 0 Å². The summed E-state index contributed by atoms with van der Waals surface area (Å²) in [7, 11) is 1.65. The van der Waals surface area contributed by atoms with E-state index in [2.05, 4.69) is 15.5 Å². The molecule has 0 aliphatic heterocycles. The first-order valence-corrected chi connectivity index (χ1v) is 7.98. The number of carbonyl (C=O) groups excluding carboxylic acids is 1. The van der Waals surface area contributed by atoms with Gasteiger partial charge in [-0.2, -0.15) is 5.10 Å². The first kappa shape index (κ1) is 16.6. The molecule has 1 amide bonds. The lowest BCUT2D eigenvalue weighted by Gasteiger charge is -2.11. The number of pyridine rings is 1. The van der Waals surface area contributed by atoms with Gasteiger partial charge in [0.2, 0.25) is 5.91 Å². The summed E-state index contributed by atoms with van der Waals surface area (Å²) in [5.41, 5.74) is 4.34. The molecule has 25 heavy (non-hydrogen) atoms. The quantitative estimate of drug-likeness (QED) is 0.574. The number of nitrogens with zero attached hydrogens (tertiary/aromatic N) is 2. The highest BCUT2D eigenvalue weighted by Crippen LogP contribution is 2.25. The lowest BCUT2D eigenvalue weighted by molar-refractivity contribution is -0.122. The van der Waals surface area contributed by atoms with Crippen LogP contribution in [-0.2, 0) is 4.79 Å². The monoisotopic (exact) mass is 333 g/mol. The maximum Gasteiger partial charge on any atom is 0.247 e. The second-order valence-electron chi connectivity index (χ2n) is 5.71. The standard InChI is InChI=1S/C20H19N3O2/c1-14(20(24)23-22-13-15-4-3-9-21-12-15)16-5-6-18-11-19(25-2)8-7-17(18)10-16/h3-14H,1-2H3,(H,23,24)/b22-13+. The summed E-state index contributed by atoms with van der Waals surface area (Å²) in [6.07, 6.45) is 4.94. The maximum atomic E-state index is 12.3. The number of hydrogen-bond acceptors (Lipinski definition) is 4. The van der Waals surface area contributed by atoms with Gasteiger partial charge in [-0.3, -0.25) is 9.78 Å². The minimum absolute atomic E-state index is 0.159. The zero-order valence-electron chi connectivity index (χ0n) is 14.1. The van der Waals surface area contributed by atoms with E-state index in [0.717, 1.165) is 27.6 Å². The first-order chi connectivity index (χ1) is 12.2. The largest absolute Gasteiger partial charge is 0.497 e. The van der Waals surface area contributed by atoms with E-state index in [1.807, 2.05) is 55.5 Å². The van der Waals surface area contributed by atoms with E-state index in [9.17, 15) is 4.79 Å². The molecule has 0 aliphatic carbocycles. The summed E-state index contributed by atoms with van der Waals surface area (Å²) in [5, 5.41) is 6.13. The van der Waals surface area contributed by atoms with Crippen LogP contribution in [0.15, 0.2) is 66.0 Å². The number of amides is 1. The number of rotatable bonds is 5. The van der Waals surface area contributed by atoms with Gasteiger partial charge < -0.3 is 4.74 Å². The van der Waals surface area contributed by atoms with Gasteiger partial charge in [0.15, 0.2) is 0 Å². The Kier molecular flexibility index (Phi) is 5.04. The second-order valence-corrected chi connectivity index (χ2v) is 5.71. The summed E-state index contributed by atoms with van der Waals surface area (Å²) in [6.45, 7) is 1.86. The molecule has 3 rings (SSSR count). The fourth-order valence-corrected chi connectivity index (χ4v) is 2.51. The zero-order valence-corrected chi connectivity index (χ0v) is 14.1. The van der Waals surface area contributed by atoms with Crippen LogP contribution in [0.5, 0.6) is 5.75 Å². The van der Waals surface area contributed by atoms with Crippen molar-refractivity contribution in [3.63, 3.8) is 0 Å². The molecule has 0 spiro atoms. The number of methoxy groups -OCH3 is 1. The van der Waals surface area contributed by atoms with Crippen LogP contribution in [0.4, 0.5) is 0 Å². The van der Waals surface area contributed by atoms with Crippen LogP contribution >= 0.6 is 0 Å². The van der Waals surface area contributed by atoms with E-state index >= 15 is 0 Å². The van der Waals surface area contributed by atoms with Crippen molar-refractivity contribution in [3.8, 4) is 5.75 Å². The molecule has 0 bridgehead atoms. The normalized spacial score (nSPS) is 12.2. The van der Waals surface area contributed by atoms with Gasteiger partial charge in [0.25, 0.3) is 0 Å². The van der Waals surface area contributed by atoms with Crippen LogP contribution < -0.4 is 10.2 Å². The molecule has 0 saturated heterocycles. The summed E-state index contributed by atoms with van der Waals surface area (Å²) in [6, 6.07) is 15.5. The molecule has 5 nitrogen and oxygen atoms in total. The number of hydrazone groups is 1. The average Bonchev–Trinajstić information content (AvgIpc) is 2.67. The van der Waals surface area contributed by atoms with Crippen molar-refractivity contribution < 1.29 is 9.53 Å². The lowest BCUT2D eigenvalue weighted by Crippen LogP contribution is -2.23. The molecule has 0 fully saturated rings. The van der Waals surface area contributed by atoms with E-state index in [4.69, 9.17) is 4.74 Å². The highest BCUT2D eigenvalue weighted by atomic mass is 16.5. The van der Waals surface area contributed by atoms with Gasteiger partial charge in [-0.25, -0.2) is 5.43 Å². The summed E-state index contributed by atoms with van der Waals surface area (Å²) < 4.78 is 5.23. The molecular formula is C20H19N3O2. The summed E-state index contributed by atoms with van der Waals surface area (Å²) in [5.74, 6) is 0.348. The van der Waals surface area contributed by atoms with Crippen LogP contribution in [0.3, 0.4) is 0 Å². The van der Waals surface area contributed by atoms with Gasteiger partial charge in [0.1, 0.15) is 5.75 Å². The van der Waals surface area contributed by atoms with E-state index < -0.39 is 0 Å². The van der Waals surface area contributed by atoms with Gasteiger partial charge in [-0.1, -0.05) is 30.3 Å². The number of benzene rings is 2. The van der Waals surface area contributed by atoms with Crippen molar-refractivity contribution in [1.82, 2.24) is 10.4 Å². The molecule has 0 aliphatic rings. The Hall–Kier alpha value is -3.21. The fourth-order valence-electron chi connectivity index (χ4n) is 2.51. The molecule has 126 valence electrons. The van der Waals surface area contributed by atoms with Gasteiger partial charge >= 0.3 is 0 Å². The Morgan fingerprint density at radius 3 is 2.76 bits per heavy atom. The van der Waals surface area contributed by atoms with Crippen molar-refractivity contribution in [2.75, 3.05) is 7.11 Å². The summed E-state index contributed by atoms with van der Waals surface area (Å²) in [4.78, 5) is 16.3. The van der Waals surface area contributed by atoms with Gasteiger partial charge in [-0.05, 0) is 41.5 Å². The van der Waals surface area contributed by atoms with Gasteiger partial charge in [-0.15, -0.1) is 0 Å². The number of aromatic nitrogens is 1. The van der Waals surface area contributed by atoms with Crippen LogP contribution in [-0.4, -0.2) is 24.2 Å². The molecule has 2 aromatic carbocycles. The smallest absolute Gasteiger partial charge is 0.247 e. The van der Waals surface area contributed by atoms with Crippen molar-refractivity contribution in [1.29, 1.82) is 0 Å². The number of ether oxygens (including phenoxy) is 1. The molecule has 1 heterocycles. The molecular weight excluding hydrogens is 314 g/mol.